The maximum absolute atomic E-state index is 5.66. The van der Waals surface area contributed by atoms with Gasteiger partial charge < -0.3 is 5.73 Å². The highest BCUT2D eigenvalue weighted by atomic mass is 127. The van der Waals surface area contributed by atoms with Crippen molar-refractivity contribution in [2.24, 2.45) is 0 Å². The summed E-state index contributed by atoms with van der Waals surface area (Å²) in [6.45, 7) is 0. The summed E-state index contributed by atoms with van der Waals surface area (Å²) >= 11 is 5.62. The van der Waals surface area contributed by atoms with Gasteiger partial charge in [0.1, 0.15) is 5.82 Å². The van der Waals surface area contributed by atoms with E-state index in [1.807, 2.05) is 18.2 Å². The Morgan fingerprint density at radius 3 is 2.85 bits per heavy atom. The molecule has 0 amide bonds. The Labute approximate surface area is 97.8 Å². The van der Waals surface area contributed by atoms with Gasteiger partial charge in [-0.15, -0.1) is 0 Å². The van der Waals surface area contributed by atoms with Gasteiger partial charge in [0, 0.05) is 8.96 Å². The van der Waals surface area contributed by atoms with Crippen LogP contribution in [0.1, 0.15) is 0 Å². The van der Waals surface area contributed by atoms with Crippen molar-refractivity contribution in [1.82, 2.24) is 4.98 Å². The van der Waals surface area contributed by atoms with E-state index in [4.69, 9.17) is 5.73 Å². The van der Waals surface area contributed by atoms with Crippen molar-refractivity contribution in [3.63, 3.8) is 0 Å². The minimum Gasteiger partial charge on any atom is -0.383 e. The van der Waals surface area contributed by atoms with E-state index in [-0.39, 0.29) is 0 Å². The predicted octanol–water partition coefficient (Wildman–Crippen LogP) is 3.18. The quantitative estimate of drug-likeness (QED) is 0.742. The molecule has 0 saturated heterocycles. The van der Waals surface area contributed by atoms with Gasteiger partial charge in [-0.05, 0) is 62.8 Å². The largest absolute Gasteiger partial charge is 0.383 e. The van der Waals surface area contributed by atoms with E-state index in [2.05, 4.69) is 49.6 Å². The molecule has 0 atom stereocenters. The SMILES string of the molecule is Nc1nc2ccc(I)cc2cc1Br. The van der Waals surface area contributed by atoms with Crippen LogP contribution in [-0.4, -0.2) is 4.98 Å². The predicted molar refractivity (Wildman–Crippen MR) is 66.6 cm³/mol. The van der Waals surface area contributed by atoms with E-state index < -0.39 is 0 Å². The van der Waals surface area contributed by atoms with Gasteiger partial charge in [-0.1, -0.05) is 0 Å². The molecule has 1 aromatic carbocycles. The standard InChI is InChI=1S/C9H6BrIN2/c10-7-4-5-3-6(11)1-2-8(5)13-9(7)12/h1-4H,(H2,12,13). The van der Waals surface area contributed by atoms with Crippen LogP contribution in [-0.2, 0) is 0 Å². The third kappa shape index (κ3) is 1.78. The van der Waals surface area contributed by atoms with Crippen molar-refractivity contribution in [2.75, 3.05) is 5.73 Å². The van der Waals surface area contributed by atoms with Crippen molar-refractivity contribution in [3.05, 3.63) is 32.3 Å². The topological polar surface area (TPSA) is 38.9 Å². The number of aromatic nitrogens is 1. The van der Waals surface area contributed by atoms with Crippen molar-refractivity contribution < 1.29 is 0 Å². The van der Waals surface area contributed by atoms with Crippen LogP contribution in [0.15, 0.2) is 28.7 Å². The number of fused-ring (bicyclic) bond motifs is 1. The molecule has 0 radical (unpaired) electrons. The summed E-state index contributed by atoms with van der Waals surface area (Å²) in [5, 5.41) is 1.10. The molecule has 2 N–H and O–H groups in total. The number of anilines is 1. The Kier molecular flexibility index (Phi) is 2.42. The number of pyridine rings is 1. The zero-order valence-electron chi connectivity index (χ0n) is 6.59. The summed E-state index contributed by atoms with van der Waals surface area (Å²) in [5.74, 6) is 0.536. The minimum atomic E-state index is 0.536. The molecule has 2 rings (SSSR count). The molecule has 0 fully saturated rings. The average Bonchev–Trinajstić information content (AvgIpc) is 2.08. The Bertz CT molecular complexity index is 470. The minimum absolute atomic E-state index is 0.536. The van der Waals surface area contributed by atoms with Crippen molar-refractivity contribution in [3.8, 4) is 0 Å². The number of hydrogen-bond donors (Lipinski definition) is 1. The van der Waals surface area contributed by atoms with Crippen LogP contribution in [0.3, 0.4) is 0 Å². The van der Waals surface area contributed by atoms with Crippen LogP contribution in [0.25, 0.3) is 10.9 Å². The van der Waals surface area contributed by atoms with Gasteiger partial charge in [0.15, 0.2) is 0 Å². The second kappa shape index (κ2) is 3.42. The number of nitrogen functional groups attached to an aromatic ring is 1. The average molecular weight is 349 g/mol. The molecule has 4 heteroatoms. The highest BCUT2D eigenvalue weighted by Crippen LogP contribution is 2.24. The van der Waals surface area contributed by atoms with Crippen LogP contribution >= 0.6 is 38.5 Å². The van der Waals surface area contributed by atoms with Crippen molar-refractivity contribution in [2.45, 2.75) is 0 Å². The molecule has 0 aliphatic heterocycles. The molecule has 0 saturated carbocycles. The fourth-order valence-electron chi connectivity index (χ4n) is 1.14. The van der Waals surface area contributed by atoms with Gasteiger partial charge >= 0.3 is 0 Å². The maximum Gasteiger partial charge on any atom is 0.138 e. The molecule has 0 aliphatic rings. The molecule has 0 aliphatic carbocycles. The summed E-state index contributed by atoms with van der Waals surface area (Å²) in [6, 6.07) is 8.05. The molecule has 2 aromatic rings. The summed E-state index contributed by atoms with van der Waals surface area (Å²) in [4.78, 5) is 4.24. The Hall–Kier alpha value is -0.360. The smallest absolute Gasteiger partial charge is 0.138 e. The number of rotatable bonds is 0. The first-order chi connectivity index (χ1) is 6.16. The summed E-state index contributed by atoms with van der Waals surface area (Å²) < 4.78 is 2.05. The van der Waals surface area contributed by atoms with E-state index in [9.17, 15) is 0 Å². The van der Waals surface area contributed by atoms with Gasteiger partial charge in [0.2, 0.25) is 0 Å². The zero-order valence-corrected chi connectivity index (χ0v) is 10.3. The molecule has 1 aromatic heterocycles. The van der Waals surface area contributed by atoms with Gasteiger partial charge in [-0.25, -0.2) is 4.98 Å². The highest BCUT2D eigenvalue weighted by molar-refractivity contribution is 14.1. The molecule has 0 unspecified atom stereocenters. The second-order valence-electron chi connectivity index (χ2n) is 2.69. The second-order valence-corrected chi connectivity index (χ2v) is 4.79. The van der Waals surface area contributed by atoms with Gasteiger partial charge in [-0.2, -0.15) is 0 Å². The van der Waals surface area contributed by atoms with Crippen molar-refractivity contribution in [1.29, 1.82) is 0 Å². The number of nitrogens with two attached hydrogens (primary N) is 1. The van der Waals surface area contributed by atoms with Crippen LogP contribution in [0.4, 0.5) is 5.82 Å². The number of benzene rings is 1. The lowest BCUT2D eigenvalue weighted by molar-refractivity contribution is 1.39. The molecule has 13 heavy (non-hydrogen) atoms. The fourth-order valence-corrected chi connectivity index (χ4v) is 1.99. The first-order valence-electron chi connectivity index (χ1n) is 3.68. The van der Waals surface area contributed by atoms with E-state index in [0.717, 1.165) is 15.4 Å². The Balaban J connectivity index is 2.81. The Morgan fingerprint density at radius 1 is 1.31 bits per heavy atom. The van der Waals surface area contributed by atoms with E-state index in [0.29, 0.717) is 5.82 Å². The highest BCUT2D eigenvalue weighted by Gasteiger charge is 2.00. The summed E-state index contributed by atoms with van der Waals surface area (Å²) in [7, 11) is 0. The normalized spacial score (nSPS) is 10.6. The molecule has 1 heterocycles. The third-order valence-electron chi connectivity index (χ3n) is 1.76. The molecule has 2 nitrogen and oxygen atoms in total. The number of hydrogen-bond acceptors (Lipinski definition) is 2. The van der Waals surface area contributed by atoms with Gasteiger partial charge in [0.05, 0.1) is 9.99 Å². The van der Waals surface area contributed by atoms with E-state index in [1.54, 1.807) is 0 Å². The fraction of sp³-hybridized carbons (Fsp3) is 0. The maximum atomic E-state index is 5.66. The lowest BCUT2D eigenvalue weighted by Crippen LogP contribution is -1.91. The number of halogens is 2. The van der Waals surface area contributed by atoms with E-state index >= 15 is 0 Å². The van der Waals surface area contributed by atoms with Crippen LogP contribution < -0.4 is 5.73 Å². The number of nitrogens with zero attached hydrogens (tertiary/aromatic N) is 1. The molecule has 0 bridgehead atoms. The van der Waals surface area contributed by atoms with Gasteiger partial charge in [-0.3, -0.25) is 0 Å². The molecular formula is C9H6BrIN2. The van der Waals surface area contributed by atoms with Gasteiger partial charge in [0.25, 0.3) is 0 Å². The molecule has 0 spiro atoms. The zero-order chi connectivity index (χ0) is 9.42. The summed E-state index contributed by atoms with van der Waals surface area (Å²) in [6.07, 6.45) is 0. The molecule has 66 valence electrons. The van der Waals surface area contributed by atoms with Crippen LogP contribution in [0.5, 0.6) is 0 Å². The summed E-state index contributed by atoms with van der Waals surface area (Å²) in [5.41, 5.74) is 6.60. The lowest BCUT2D eigenvalue weighted by atomic mass is 10.2. The Morgan fingerprint density at radius 2 is 2.08 bits per heavy atom. The van der Waals surface area contributed by atoms with Crippen molar-refractivity contribution >= 4 is 55.2 Å². The van der Waals surface area contributed by atoms with E-state index in [1.165, 1.54) is 3.57 Å². The van der Waals surface area contributed by atoms with Crippen LogP contribution in [0, 0.1) is 3.57 Å². The third-order valence-corrected chi connectivity index (χ3v) is 3.06. The molecular weight excluding hydrogens is 343 g/mol. The lowest BCUT2D eigenvalue weighted by Gasteiger charge is -2.01. The monoisotopic (exact) mass is 348 g/mol. The first kappa shape index (κ1) is 9.21. The van der Waals surface area contributed by atoms with Crippen LogP contribution in [0.2, 0.25) is 0 Å². The first-order valence-corrected chi connectivity index (χ1v) is 5.55.